The van der Waals surface area contributed by atoms with Gasteiger partial charge in [0.1, 0.15) is 21.5 Å². The van der Waals surface area contributed by atoms with Crippen molar-refractivity contribution in [1.29, 1.82) is 0 Å². The number of hydrogen-bond donors (Lipinski definition) is 1. The van der Waals surface area contributed by atoms with Crippen molar-refractivity contribution < 1.29 is 19.1 Å². The number of rotatable bonds is 5. The number of carbonyl (C=O) groups is 3. The number of nitrogens with zero attached hydrogens (tertiary/aromatic N) is 1. The number of nitrogens with one attached hydrogen (secondary N) is 1. The highest BCUT2D eigenvalue weighted by atomic mass is 35.5. The highest BCUT2D eigenvalue weighted by Crippen LogP contribution is 2.69. The smallest absolute Gasteiger partial charge is 0.247 e. The van der Waals surface area contributed by atoms with Gasteiger partial charge in [-0.25, -0.2) is 0 Å². The third kappa shape index (κ3) is 3.09. The van der Waals surface area contributed by atoms with Crippen LogP contribution >= 0.6 is 23.2 Å². The average Bonchev–Trinajstić information content (AvgIpc) is 3.19. The summed E-state index contributed by atoms with van der Waals surface area (Å²) in [6, 6.07) is 20.7. The van der Waals surface area contributed by atoms with E-state index in [-0.39, 0.29) is 0 Å². The van der Waals surface area contributed by atoms with Gasteiger partial charge in [-0.1, -0.05) is 48.5 Å². The number of carbonyl (C=O) groups excluding carboxylic acids is 3. The fourth-order valence-electron chi connectivity index (χ4n) is 6.24. The molecule has 0 unspecified atom stereocenters. The van der Waals surface area contributed by atoms with Crippen LogP contribution < -0.4 is 10.1 Å². The maximum absolute atomic E-state index is 14.0. The van der Waals surface area contributed by atoms with Crippen LogP contribution in [-0.4, -0.2) is 35.3 Å². The molecule has 1 saturated heterocycles. The predicted octanol–water partition coefficient (Wildman–Crippen LogP) is 5.01. The molecule has 7 rings (SSSR count). The van der Waals surface area contributed by atoms with Crippen LogP contribution in [0.15, 0.2) is 72.8 Å². The lowest BCUT2D eigenvalue weighted by Gasteiger charge is -2.54. The second-order valence-corrected chi connectivity index (χ2v) is 10.8. The van der Waals surface area contributed by atoms with Gasteiger partial charge in [-0.3, -0.25) is 19.3 Å². The van der Waals surface area contributed by atoms with Crippen molar-refractivity contribution in [2.75, 3.05) is 11.9 Å². The van der Waals surface area contributed by atoms with E-state index in [0.717, 1.165) is 27.2 Å². The molecule has 0 radical (unpaired) electrons. The summed E-state index contributed by atoms with van der Waals surface area (Å²) in [6.45, 7) is 3.96. The SMILES string of the molecule is CCOc1ccc(NC(=O)[C@H](C)N2C(=O)[C@@H]3[C@H](C2=O)C2(Cl)c4ccccc4C3(Cl)c3ccccc32)cc1. The quantitative estimate of drug-likeness (QED) is 0.369. The van der Waals surface area contributed by atoms with Crippen LogP contribution in [0.1, 0.15) is 36.1 Å². The van der Waals surface area contributed by atoms with Crippen LogP contribution in [0.5, 0.6) is 5.75 Å². The Hall–Kier alpha value is -3.35. The third-order valence-corrected chi connectivity index (χ3v) is 9.10. The molecule has 3 amide bonds. The summed E-state index contributed by atoms with van der Waals surface area (Å²) in [5, 5.41) is 2.80. The van der Waals surface area contributed by atoms with Gasteiger partial charge >= 0.3 is 0 Å². The lowest BCUT2D eigenvalue weighted by atomic mass is 9.54. The van der Waals surface area contributed by atoms with Crippen LogP contribution in [0.3, 0.4) is 0 Å². The summed E-state index contributed by atoms with van der Waals surface area (Å²) >= 11 is 14.9. The second-order valence-electron chi connectivity index (χ2n) is 9.64. The van der Waals surface area contributed by atoms with Gasteiger partial charge in [0.25, 0.3) is 0 Å². The lowest BCUT2D eigenvalue weighted by molar-refractivity contribution is -0.146. The van der Waals surface area contributed by atoms with Crippen LogP contribution in [0.4, 0.5) is 5.69 Å². The van der Waals surface area contributed by atoms with Crippen molar-refractivity contribution in [1.82, 2.24) is 4.90 Å². The topological polar surface area (TPSA) is 75.7 Å². The van der Waals surface area contributed by atoms with Crippen molar-refractivity contribution in [3.63, 3.8) is 0 Å². The van der Waals surface area contributed by atoms with Crippen LogP contribution in [0.2, 0.25) is 0 Å². The zero-order valence-electron chi connectivity index (χ0n) is 20.2. The van der Waals surface area contributed by atoms with Crippen LogP contribution in [0, 0.1) is 11.8 Å². The summed E-state index contributed by atoms with van der Waals surface area (Å²) in [4.78, 5) is 39.7. The minimum absolute atomic E-state index is 0.487. The van der Waals surface area contributed by atoms with Crippen molar-refractivity contribution in [3.8, 4) is 5.75 Å². The normalized spacial score (nSPS) is 27.8. The fourth-order valence-corrected chi connectivity index (χ4v) is 7.33. The van der Waals surface area contributed by atoms with Gasteiger partial charge in [0.2, 0.25) is 17.7 Å². The van der Waals surface area contributed by atoms with Gasteiger partial charge in [-0.2, -0.15) is 0 Å². The number of halogens is 2. The van der Waals surface area contributed by atoms with E-state index in [1.807, 2.05) is 55.5 Å². The van der Waals surface area contributed by atoms with E-state index in [4.69, 9.17) is 27.9 Å². The number of hydrogen-bond acceptors (Lipinski definition) is 4. The summed E-state index contributed by atoms with van der Waals surface area (Å²) in [5.74, 6) is -2.67. The van der Waals surface area contributed by atoms with Gasteiger partial charge < -0.3 is 10.1 Å². The molecule has 3 aliphatic carbocycles. The molecule has 37 heavy (non-hydrogen) atoms. The molecule has 1 heterocycles. The van der Waals surface area contributed by atoms with E-state index in [1.165, 1.54) is 0 Å². The lowest BCUT2D eigenvalue weighted by Crippen LogP contribution is -2.57. The minimum Gasteiger partial charge on any atom is -0.494 e. The molecule has 6 nitrogen and oxygen atoms in total. The average molecular weight is 535 g/mol. The summed E-state index contributed by atoms with van der Waals surface area (Å²) < 4.78 is 5.44. The Balaban J connectivity index is 1.38. The third-order valence-electron chi connectivity index (χ3n) is 7.82. The molecule has 3 atom stereocenters. The van der Waals surface area contributed by atoms with E-state index in [1.54, 1.807) is 31.2 Å². The molecular formula is C29H24Cl2N2O4. The highest BCUT2D eigenvalue weighted by Gasteiger charge is 2.73. The van der Waals surface area contributed by atoms with Gasteiger partial charge in [-0.15, -0.1) is 23.2 Å². The molecule has 1 fully saturated rings. The highest BCUT2D eigenvalue weighted by molar-refractivity contribution is 6.36. The Labute approximate surface area is 224 Å². The molecule has 8 heteroatoms. The van der Waals surface area contributed by atoms with Gasteiger partial charge in [-0.05, 0) is 60.4 Å². The van der Waals surface area contributed by atoms with Crippen molar-refractivity contribution in [3.05, 3.63) is 95.1 Å². The molecule has 1 aliphatic heterocycles. The van der Waals surface area contributed by atoms with Crippen molar-refractivity contribution >= 4 is 46.6 Å². The maximum Gasteiger partial charge on any atom is 0.247 e. The number of ether oxygens (including phenoxy) is 1. The first kappa shape index (κ1) is 24.0. The first-order valence-corrected chi connectivity index (χ1v) is 13.0. The molecule has 4 aliphatic rings. The van der Waals surface area contributed by atoms with Crippen LogP contribution in [-0.2, 0) is 24.1 Å². The van der Waals surface area contributed by atoms with Gasteiger partial charge in [0.05, 0.1) is 18.4 Å². The largest absolute Gasteiger partial charge is 0.494 e. The number of benzene rings is 3. The number of likely N-dealkylation sites (tertiary alicyclic amines) is 1. The van der Waals surface area contributed by atoms with Gasteiger partial charge in [0.15, 0.2) is 0 Å². The molecule has 2 bridgehead atoms. The van der Waals surface area contributed by atoms with E-state index in [2.05, 4.69) is 5.32 Å². The minimum atomic E-state index is -1.28. The maximum atomic E-state index is 14.0. The molecular weight excluding hydrogens is 511 g/mol. The number of alkyl halides is 2. The summed E-state index contributed by atoms with van der Waals surface area (Å²) in [5.41, 5.74) is 3.42. The fraction of sp³-hybridized carbons (Fsp3) is 0.276. The Kier molecular flexibility index (Phi) is 5.41. The predicted molar refractivity (Wildman–Crippen MR) is 141 cm³/mol. The number of amides is 3. The van der Waals surface area contributed by atoms with Crippen molar-refractivity contribution in [2.24, 2.45) is 11.8 Å². The zero-order chi connectivity index (χ0) is 26.1. The molecule has 3 aromatic rings. The second kappa shape index (κ2) is 8.33. The molecule has 0 spiro atoms. The summed E-state index contributed by atoms with van der Waals surface area (Å²) in [7, 11) is 0. The van der Waals surface area contributed by atoms with E-state index in [9.17, 15) is 14.4 Å². The first-order chi connectivity index (χ1) is 17.7. The van der Waals surface area contributed by atoms with Gasteiger partial charge in [0, 0.05) is 5.69 Å². The Bertz CT molecular complexity index is 1330. The molecule has 0 saturated carbocycles. The summed E-state index contributed by atoms with van der Waals surface area (Å²) in [6.07, 6.45) is 0. The van der Waals surface area contributed by atoms with E-state index in [0.29, 0.717) is 18.0 Å². The van der Waals surface area contributed by atoms with Crippen molar-refractivity contribution in [2.45, 2.75) is 29.6 Å². The van der Waals surface area contributed by atoms with E-state index >= 15 is 0 Å². The number of anilines is 1. The van der Waals surface area contributed by atoms with E-state index < -0.39 is 45.3 Å². The standard InChI is InChI=1S/C29H24Cl2N2O4/c1-3-37-18-14-12-17(13-15-18)32-25(34)16(2)33-26(35)23-24(27(33)36)29(31)20-9-5-4-8-19(20)28(23,30)21-10-6-7-11-22(21)29/h4-16,23-24H,3H2,1-2H3,(H,32,34)/t16-,23-,24+,28?,29?/m0/s1. The molecule has 0 aromatic heterocycles. The Morgan fingerprint density at radius 1 is 0.865 bits per heavy atom. The first-order valence-electron chi connectivity index (χ1n) is 12.2. The monoisotopic (exact) mass is 534 g/mol. The Morgan fingerprint density at radius 3 is 1.70 bits per heavy atom. The number of imide groups is 1. The zero-order valence-corrected chi connectivity index (χ0v) is 21.7. The molecule has 188 valence electrons. The molecule has 1 N–H and O–H groups in total. The Morgan fingerprint density at radius 2 is 1.30 bits per heavy atom. The molecule has 3 aromatic carbocycles. The van der Waals surface area contributed by atoms with Crippen LogP contribution in [0.25, 0.3) is 0 Å².